The van der Waals surface area contributed by atoms with Crippen molar-refractivity contribution in [2.75, 3.05) is 13.1 Å². The fourth-order valence-corrected chi connectivity index (χ4v) is 7.24. The SMILES string of the molecule is CC1CCN(C(=O)[C@@H](C)[C@@H]2CC[C@]3(C)CC[C@H](NC(=O)Cc4ccccc4)[C@H](C)[C@@H]3[C@H]2O)CC1. The second kappa shape index (κ2) is 10.4. The van der Waals surface area contributed by atoms with E-state index in [-0.39, 0.29) is 46.9 Å². The topological polar surface area (TPSA) is 69.6 Å². The summed E-state index contributed by atoms with van der Waals surface area (Å²) in [6, 6.07) is 9.92. The summed E-state index contributed by atoms with van der Waals surface area (Å²) in [5.41, 5.74) is 1.09. The Kier molecular flexibility index (Phi) is 7.71. The van der Waals surface area contributed by atoms with Gasteiger partial charge in [-0.1, -0.05) is 58.0 Å². The molecule has 5 nitrogen and oxygen atoms in total. The number of rotatable bonds is 5. The Morgan fingerprint density at radius 1 is 1.09 bits per heavy atom. The van der Waals surface area contributed by atoms with Gasteiger partial charge in [0.25, 0.3) is 0 Å². The van der Waals surface area contributed by atoms with Crippen molar-refractivity contribution in [2.24, 2.45) is 35.0 Å². The van der Waals surface area contributed by atoms with Gasteiger partial charge >= 0.3 is 0 Å². The van der Waals surface area contributed by atoms with Crippen LogP contribution >= 0.6 is 0 Å². The van der Waals surface area contributed by atoms with E-state index < -0.39 is 6.10 Å². The van der Waals surface area contributed by atoms with Crippen molar-refractivity contribution in [3.05, 3.63) is 35.9 Å². The molecule has 7 atom stereocenters. The molecule has 0 aromatic heterocycles. The number of carbonyl (C=O) groups excluding carboxylic acids is 2. The average molecular weight is 469 g/mol. The number of fused-ring (bicyclic) bond motifs is 1. The van der Waals surface area contributed by atoms with Gasteiger partial charge in [-0.05, 0) is 73.2 Å². The number of benzene rings is 1. The first-order valence-electron chi connectivity index (χ1n) is 13.5. The van der Waals surface area contributed by atoms with E-state index in [2.05, 4.69) is 26.1 Å². The zero-order valence-electron chi connectivity index (χ0n) is 21.5. The number of nitrogens with one attached hydrogen (secondary N) is 1. The molecule has 1 aromatic carbocycles. The Morgan fingerprint density at radius 3 is 2.41 bits per heavy atom. The molecule has 2 aliphatic carbocycles. The van der Waals surface area contributed by atoms with Crippen molar-refractivity contribution in [1.82, 2.24) is 10.2 Å². The minimum atomic E-state index is -0.509. The second-order valence-electron chi connectivity index (χ2n) is 11.9. The van der Waals surface area contributed by atoms with Crippen molar-refractivity contribution in [1.29, 1.82) is 0 Å². The standard InChI is InChI=1S/C29H44N2O3/c1-19-12-16-31(17-13-19)28(34)20(2)23-10-14-29(4)15-11-24(21(3)26(29)27(23)33)30-25(32)18-22-8-6-5-7-9-22/h5-9,19-21,23-24,26-27,33H,10-18H2,1-4H3,(H,30,32)/t20-,21-,23-,24-,26+,27-,29+/m0/s1. The quantitative estimate of drug-likeness (QED) is 0.672. The summed E-state index contributed by atoms with van der Waals surface area (Å²) in [4.78, 5) is 28.1. The Bertz CT molecular complexity index is 850. The van der Waals surface area contributed by atoms with Crippen LogP contribution < -0.4 is 5.32 Å². The summed E-state index contributed by atoms with van der Waals surface area (Å²) in [7, 11) is 0. The summed E-state index contributed by atoms with van der Waals surface area (Å²) in [5.74, 6) is 1.07. The van der Waals surface area contributed by atoms with E-state index >= 15 is 0 Å². The van der Waals surface area contributed by atoms with Gasteiger partial charge in [-0.15, -0.1) is 0 Å². The van der Waals surface area contributed by atoms with Crippen molar-refractivity contribution in [3.63, 3.8) is 0 Å². The molecule has 0 unspecified atom stereocenters. The third-order valence-electron chi connectivity index (χ3n) is 9.57. The fourth-order valence-electron chi connectivity index (χ4n) is 7.24. The lowest BCUT2D eigenvalue weighted by molar-refractivity contribution is -0.152. The second-order valence-corrected chi connectivity index (χ2v) is 11.9. The van der Waals surface area contributed by atoms with E-state index in [1.54, 1.807) is 0 Å². The third kappa shape index (κ3) is 5.19. The molecular weight excluding hydrogens is 424 g/mol. The van der Waals surface area contributed by atoms with Crippen molar-refractivity contribution in [2.45, 2.75) is 84.8 Å². The maximum absolute atomic E-state index is 13.3. The van der Waals surface area contributed by atoms with Crippen LogP contribution in [0.25, 0.3) is 0 Å². The van der Waals surface area contributed by atoms with Gasteiger partial charge < -0.3 is 15.3 Å². The van der Waals surface area contributed by atoms with E-state index in [1.165, 1.54) is 0 Å². The number of likely N-dealkylation sites (tertiary alicyclic amines) is 1. The van der Waals surface area contributed by atoms with E-state index in [1.807, 2.05) is 42.2 Å². The summed E-state index contributed by atoms with van der Waals surface area (Å²) >= 11 is 0. The van der Waals surface area contributed by atoms with Gasteiger partial charge in [0, 0.05) is 25.0 Å². The number of hydrogen-bond donors (Lipinski definition) is 2. The van der Waals surface area contributed by atoms with Crippen LogP contribution in [0.4, 0.5) is 0 Å². The van der Waals surface area contributed by atoms with Crippen LogP contribution in [0.15, 0.2) is 30.3 Å². The van der Waals surface area contributed by atoms with Crippen molar-refractivity contribution < 1.29 is 14.7 Å². The Morgan fingerprint density at radius 2 is 1.74 bits per heavy atom. The number of aliphatic hydroxyl groups is 1. The highest BCUT2D eigenvalue weighted by atomic mass is 16.3. The monoisotopic (exact) mass is 468 g/mol. The molecule has 3 fully saturated rings. The van der Waals surface area contributed by atoms with Gasteiger partial charge in [0.05, 0.1) is 12.5 Å². The lowest BCUT2D eigenvalue weighted by Gasteiger charge is -2.56. The highest BCUT2D eigenvalue weighted by molar-refractivity contribution is 5.79. The highest BCUT2D eigenvalue weighted by Crippen LogP contribution is 2.55. The van der Waals surface area contributed by atoms with Gasteiger partial charge in [-0.2, -0.15) is 0 Å². The van der Waals surface area contributed by atoms with E-state index in [4.69, 9.17) is 0 Å². The van der Waals surface area contributed by atoms with Crippen molar-refractivity contribution in [3.8, 4) is 0 Å². The van der Waals surface area contributed by atoms with Crippen LogP contribution in [0.5, 0.6) is 0 Å². The molecular formula is C29H44N2O3. The number of nitrogens with zero attached hydrogens (tertiary/aromatic N) is 1. The van der Waals surface area contributed by atoms with E-state index in [0.717, 1.165) is 57.2 Å². The normalized spacial score (nSPS) is 35.3. The molecule has 1 heterocycles. The molecule has 0 bridgehead atoms. The van der Waals surface area contributed by atoms with Gasteiger partial charge in [0.2, 0.25) is 11.8 Å². The first-order chi connectivity index (χ1) is 16.2. The zero-order chi connectivity index (χ0) is 24.5. The fraction of sp³-hybridized carbons (Fsp3) is 0.724. The Labute approximate surface area is 205 Å². The Balaban J connectivity index is 1.42. The summed E-state index contributed by atoms with van der Waals surface area (Å²) in [5, 5.41) is 14.9. The van der Waals surface area contributed by atoms with Crippen LogP contribution in [-0.2, 0) is 16.0 Å². The summed E-state index contributed by atoms with van der Waals surface area (Å²) in [6.45, 7) is 10.5. The van der Waals surface area contributed by atoms with Crippen LogP contribution in [0.2, 0.25) is 0 Å². The largest absolute Gasteiger partial charge is 0.392 e. The predicted molar refractivity (Wildman–Crippen MR) is 135 cm³/mol. The Hall–Kier alpha value is -1.88. The van der Waals surface area contributed by atoms with Crippen LogP contribution in [0.3, 0.4) is 0 Å². The summed E-state index contributed by atoms with van der Waals surface area (Å²) in [6.07, 6.45) is 5.94. The predicted octanol–water partition coefficient (Wildman–Crippen LogP) is 4.43. The highest BCUT2D eigenvalue weighted by Gasteiger charge is 2.54. The molecule has 5 heteroatoms. The molecule has 0 radical (unpaired) electrons. The van der Waals surface area contributed by atoms with Gasteiger partial charge in [0.15, 0.2) is 0 Å². The molecule has 2 saturated carbocycles. The zero-order valence-corrected chi connectivity index (χ0v) is 21.5. The first kappa shape index (κ1) is 25.2. The average Bonchev–Trinajstić information content (AvgIpc) is 2.81. The molecule has 1 aromatic rings. The molecule has 1 saturated heterocycles. The molecule has 2 amide bonds. The number of aliphatic hydroxyl groups excluding tert-OH is 1. The molecule has 1 aliphatic heterocycles. The lowest BCUT2D eigenvalue weighted by Crippen LogP contribution is -2.59. The summed E-state index contributed by atoms with van der Waals surface area (Å²) < 4.78 is 0. The number of piperidine rings is 1. The maximum Gasteiger partial charge on any atom is 0.225 e. The van der Waals surface area contributed by atoms with Crippen molar-refractivity contribution >= 4 is 11.8 Å². The minimum Gasteiger partial charge on any atom is -0.392 e. The first-order valence-corrected chi connectivity index (χ1v) is 13.5. The third-order valence-corrected chi connectivity index (χ3v) is 9.57. The molecule has 188 valence electrons. The van der Waals surface area contributed by atoms with Crippen LogP contribution in [-0.4, -0.2) is 47.1 Å². The van der Waals surface area contributed by atoms with Gasteiger partial charge in [-0.25, -0.2) is 0 Å². The minimum absolute atomic E-state index is 0.00820. The van der Waals surface area contributed by atoms with Gasteiger partial charge in [-0.3, -0.25) is 9.59 Å². The number of carbonyl (C=O) groups is 2. The van der Waals surface area contributed by atoms with E-state index in [9.17, 15) is 14.7 Å². The number of amides is 2. The van der Waals surface area contributed by atoms with Gasteiger partial charge in [0.1, 0.15) is 0 Å². The van der Waals surface area contributed by atoms with Crippen LogP contribution in [0.1, 0.15) is 71.8 Å². The molecule has 4 rings (SSSR count). The molecule has 2 N–H and O–H groups in total. The maximum atomic E-state index is 13.3. The smallest absolute Gasteiger partial charge is 0.225 e. The number of hydrogen-bond acceptors (Lipinski definition) is 3. The molecule has 34 heavy (non-hydrogen) atoms. The molecule has 3 aliphatic rings. The van der Waals surface area contributed by atoms with Crippen LogP contribution in [0, 0.1) is 35.0 Å². The van der Waals surface area contributed by atoms with E-state index in [0.29, 0.717) is 12.3 Å². The molecule has 0 spiro atoms. The lowest BCUT2D eigenvalue weighted by atomic mass is 9.51.